The standard InChI is InChI=1S/C23H24N2O5S/c1-3-25(4-2)31(28,29)19-14-12-18(13-15-19)24-22(26)16-30-23(27)21-11-7-9-17-8-5-6-10-20(17)21/h5-15H,3-4,16H2,1-2H3,(H,24,26). The van der Waals surface area contributed by atoms with Crippen molar-refractivity contribution in [3.63, 3.8) is 0 Å². The first-order valence-electron chi connectivity index (χ1n) is 9.91. The summed E-state index contributed by atoms with van der Waals surface area (Å²) < 4.78 is 31.5. The molecule has 8 heteroatoms. The van der Waals surface area contributed by atoms with Crippen LogP contribution in [0.5, 0.6) is 0 Å². The Labute approximate surface area is 181 Å². The molecule has 0 bridgehead atoms. The van der Waals surface area contributed by atoms with Crippen molar-refractivity contribution in [3.05, 3.63) is 72.3 Å². The summed E-state index contributed by atoms with van der Waals surface area (Å²) in [6, 6.07) is 18.6. The second-order valence-corrected chi connectivity index (χ2v) is 8.70. The van der Waals surface area contributed by atoms with Gasteiger partial charge in [0, 0.05) is 18.8 Å². The maximum Gasteiger partial charge on any atom is 0.339 e. The minimum Gasteiger partial charge on any atom is -0.452 e. The topological polar surface area (TPSA) is 92.8 Å². The predicted molar refractivity (Wildman–Crippen MR) is 119 cm³/mol. The molecule has 31 heavy (non-hydrogen) atoms. The summed E-state index contributed by atoms with van der Waals surface area (Å²) in [7, 11) is -3.57. The average molecular weight is 441 g/mol. The average Bonchev–Trinajstić information content (AvgIpc) is 2.78. The maximum absolute atomic E-state index is 12.5. The molecule has 1 N–H and O–H groups in total. The molecule has 0 atom stereocenters. The number of hydrogen-bond donors (Lipinski definition) is 1. The molecule has 0 aliphatic heterocycles. The van der Waals surface area contributed by atoms with Gasteiger partial charge < -0.3 is 10.1 Å². The van der Waals surface area contributed by atoms with Crippen LogP contribution in [0.2, 0.25) is 0 Å². The van der Waals surface area contributed by atoms with Gasteiger partial charge in [-0.15, -0.1) is 0 Å². The number of anilines is 1. The number of amides is 1. The zero-order valence-corrected chi connectivity index (χ0v) is 18.2. The zero-order chi connectivity index (χ0) is 22.4. The second-order valence-electron chi connectivity index (χ2n) is 6.76. The van der Waals surface area contributed by atoms with E-state index < -0.39 is 28.5 Å². The quantitative estimate of drug-likeness (QED) is 0.540. The van der Waals surface area contributed by atoms with Crippen LogP contribution in [-0.4, -0.2) is 44.3 Å². The van der Waals surface area contributed by atoms with E-state index in [0.717, 1.165) is 10.8 Å². The van der Waals surface area contributed by atoms with Gasteiger partial charge >= 0.3 is 5.97 Å². The van der Waals surface area contributed by atoms with Crippen molar-refractivity contribution in [1.29, 1.82) is 0 Å². The number of nitrogens with zero attached hydrogens (tertiary/aromatic N) is 1. The van der Waals surface area contributed by atoms with Crippen molar-refractivity contribution in [2.75, 3.05) is 25.0 Å². The van der Waals surface area contributed by atoms with E-state index in [1.807, 2.05) is 30.3 Å². The highest BCUT2D eigenvalue weighted by molar-refractivity contribution is 7.89. The van der Waals surface area contributed by atoms with E-state index in [0.29, 0.717) is 24.3 Å². The number of rotatable bonds is 8. The van der Waals surface area contributed by atoms with Crippen molar-refractivity contribution in [2.45, 2.75) is 18.7 Å². The molecular formula is C23H24N2O5S. The van der Waals surface area contributed by atoms with Gasteiger partial charge in [0.1, 0.15) is 0 Å². The number of carbonyl (C=O) groups excluding carboxylic acids is 2. The van der Waals surface area contributed by atoms with Gasteiger partial charge in [0.2, 0.25) is 10.0 Å². The van der Waals surface area contributed by atoms with E-state index in [4.69, 9.17) is 4.74 Å². The Balaban J connectivity index is 1.61. The summed E-state index contributed by atoms with van der Waals surface area (Å²) in [6.07, 6.45) is 0. The molecule has 0 fully saturated rings. The highest BCUT2D eigenvalue weighted by Gasteiger charge is 2.21. The molecule has 3 rings (SSSR count). The summed E-state index contributed by atoms with van der Waals surface area (Å²) in [6.45, 7) is 3.84. The normalized spacial score (nSPS) is 11.5. The van der Waals surface area contributed by atoms with Crippen LogP contribution in [-0.2, 0) is 19.6 Å². The zero-order valence-electron chi connectivity index (χ0n) is 17.4. The number of carbonyl (C=O) groups is 2. The van der Waals surface area contributed by atoms with Crippen LogP contribution >= 0.6 is 0 Å². The minimum atomic E-state index is -3.57. The molecule has 3 aromatic carbocycles. The van der Waals surface area contributed by atoms with Crippen LogP contribution in [0, 0.1) is 0 Å². The van der Waals surface area contributed by atoms with E-state index in [2.05, 4.69) is 5.32 Å². The molecule has 0 aromatic heterocycles. The van der Waals surface area contributed by atoms with Crippen molar-refractivity contribution in [1.82, 2.24) is 4.31 Å². The number of fused-ring (bicyclic) bond motifs is 1. The molecule has 0 spiro atoms. The van der Waals surface area contributed by atoms with Crippen LogP contribution in [0.4, 0.5) is 5.69 Å². The van der Waals surface area contributed by atoms with Gasteiger partial charge in [-0.25, -0.2) is 13.2 Å². The third-order valence-electron chi connectivity index (χ3n) is 4.83. The van der Waals surface area contributed by atoms with Crippen molar-refractivity contribution >= 4 is 38.4 Å². The Morgan fingerprint density at radius 3 is 2.23 bits per heavy atom. The van der Waals surface area contributed by atoms with Gasteiger partial charge in [-0.05, 0) is 41.1 Å². The molecule has 0 radical (unpaired) electrons. The molecular weight excluding hydrogens is 416 g/mol. The minimum absolute atomic E-state index is 0.150. The molecule has 1 amide bonds. The number of sulfonamides is 1. The summed E-state index contributed by atoms with van der Waals surface area (Å²) in [5.74, 6) is -1.11. The van der Waals surface area contributed by atoms with E-state index in [-0.39, 0.29) is 4.90 Å². The smallest absolute Gasteiger partial charge is 0.339 e. The Bertz CT molecular complexity index is 1180. The summed E-state index contributed by atoms with van der Waals surface area (Å²) in [4.78, 5) is 24.7. The van der Waals surface area contributed by atoms with Gasteiger partial charge in [-0.1, -0.05) is 50.2 Å². The number of esters is 1. The summed E-state index contributed by atoms with van der Waals surface area (Å²) >= 11 is 0. The highest BCUT2D eigenvalue weighted by Crippen LogP contribution is 2.20. The first kappa shape index (κ1) is 22.5. The van der Waals surface area contributed by atoms with Crippen LogP contribution in [0.1, 0.15) is 24.2 Å². The maximum atomic E-state index is 12.5. The lowest BCUT2D eigenvalue weighted by atomic mass is 10.1. The molecule has 7 nitrogen and oxygen atoms in total. The Morgan fingerprint density at radius 2 is 1.55 bits per heavy atom. The predicted octanol–water partition coefficient (Wildman–Crippen LogP) is 3.67. The SMILES string of the molecule is CCN(CC)S(=O)(=O)c1ccc(NC(=O)COC(=O)c2cccc3ccccc23)cc1. The van der Waals surface area contributed by atoms with E-state index in [9.17, 15) is 18.0 Å². The summed E-state index contributed by atoms with van der Waals surface area (Å²) in [5, 5.41) is 4.25. The van der Waals surface area contributed by atoms with Crippen molar-refractivity contribution in [3.8, 4) is 0 Å². The first-order chi connectivity index (χ1) is 14.9. The fraction of sp³-hybridized carbons (Fsp3) is 0.217. The monoisotopic (exact) mass is 440 g/mol. The van der Waals surface area contributed by atoms with Crippen molar-refractivity contribution in [2.24, 2.45) is 0 Å². The first-order valence-corrected chi connectivity index (χ1v) is 11.4. The molecule has 0 saturated carbocycles. The number of ether oxygens (including phenoxy) is 1. The van der Waals surface area contributed by atoms with Crippen molar-refractivity contribution < 1.29 is 22.7 Å². The Hall–Kier alpha value is -3.23. The van der Waals surface area contributed by atoms with Gasteiger partial charge in [0.15, 0.2) is 6.61 Å². The third kappa shape index (κ3) is 5.10. The molecule has 0 aliphatic rings. The van der Waals surface area contributed by atoms with Crippen LogP contribution < -0.4 is 5.32 Å². The van der Waals surface area contributed by atoms with Crippen LogP contribution in [0.25, 0.3) is 10.8 Å². The van der Waals surface area contributed by atoms with Gasteiger partial charge in [-0.3, -0.25) is 4.79 Å². The van der Waals surface area contributed by atoms with E-state index in [1.54, 1.807) is 26.0 Å². The highest BCUT2D eigenvalue weighted by atomic mass is 32.2. The van der Waals surface area contributed by atoms with Crippen LogP contribution in [0.15, 0.2) is 71.6 Å². The van der Waals surface area contributed by atoms with E-state index in [1.165, 1.54) is 28.6 Å². The lowest BCUT2D eigenvalue weighted by molar-refractivity contribution is -0.119. The molecule has 162 valence electrons. The lowest BCUT2D eigenvalue weighted by Gasteiger charge is -2.18. The largest absolute Gasteiger partial charge is 0.452 e. The molecule has 0 aliphatic carbocycles. The van der Waals surface area contributed by atoms with Crippen LogP contribution in [0.3, 0.4) is 0 Å². The van der Waals surface area contributed by atoms with Gasteiger partial charge in [-0.2, -0.15) is 4.31 Å². The number of benzene rings is 3. The Kier molecular flexibility index (Phi) is 7.04. The number of nitrogens with one attached hydrogen (secondary N) is 1. The molecule has 0 unspecified atom stereocenters. The number of hydrogen-bond acceptors (Lipinski definition) is 5. The molecule has 0 saturated heterocycles. The fourth-order valence-electron chi connectivity index (χ4n) is 3.23. The fourth-order valence-corrected chi connectivity index (χ4v) is 4.69. The lowest BCUT2D eigenvalue weighted by Crippen LogP contribution is -2.30. The van der Waals surface area contributed by atoms with Gasteiger partial charge in [0.05, 0.1) is 10.5 Å². The second kappa shape index (κ2) is 9.72. The molecule has 0 heterocycles. The summed E-state index contributed by atoms with van der Waals surface area (Å²) in [5.41, 5.74) is 0.793. The third-order valence-corrected chi connectivity index (χ3v) is 6.89. The van der Waals surface area contributed by atoms with E-state index >= 15 is 0 Å². The van der Waals surface area contributed by atoms with Gasteiger partial charge in [0.25, 0.3) is 5.91 Å². The molecule has 3 aromatic rings. The Morgan fingerprint density at radius 1 is 0.903 bits per heavy atom.